The van der Waals surface area contributed by atoms with Crippen molar-refractivity contribution in [3.8, 4) is 11.1 Å². The fourth-order valence-electron chi connectivity index (χ4n) is 5.23. The van der Waals surface area contributed by atoms with Crippen LogP contribution in [0.5, 0.6) is 0 Å². The van der Waals surface area contributed by atoms with E-state index in [0.717, 1.165) is 4.90 Å². The summed E-state index contributed by atoms with van der Waals surface area (Å²) in [5.74, 6) is -3.07. The number of likely N-dealkylation sites (N-methyl/N-ethyl adjacent to an activating group) is 1. The molecule has 2 aromatic carbocycles. The lowest BCUT2D eigenvalue weighted by molar-refractivity contribution is -0.143. The minimum absolute atomic E-state index is 0.00585. The molecule has 1 saturated heterocycles. The van der Waals surface area contributed by atoms with Gasteiger partial charge in [-0.15, -0.1) is 0 Å². The Labute approximate surface area is 242 Å². The molecule has 0 radical (unpaired) electrons. The van der Waals surface area contributed by atoms with Crippen molar-refractivity contribution in [2.45, 2.75) is 44.5 Å². The van der Waals surface area contributed by atoms with Crippen LogP contribution in [0.3, 0.4) is 0 Å². The summed E-state index contributed by atoms with van der Waals surface area (Å²) in [6, 6.07) is 6.51. The maximum absolute atomic E-state index is 14.0. The Morgan fingerprint density at radius 3 is 2.09 bits per heavy atom. The number of halogens is 7. The molecule has 1 aliphatic rings. The van der Waals surface area contributed by atoms with Crippen LogP contribution in [0.15, 0.2) is 48.7 Å². The summed E-state index contributed by atoms with van der Waals surface area (Å²) in [6.07, 6.45) is -8.90. The van der Waals surface area contributed by atoms with Gasteiger partial charge in [0.25, 0.3) is 0 Å². The SMILES string of the molecule is Cc1cc(F)ccc1-c1cc(C2CNC(=O)[C@H]2CO)ncc1N(C)C(=O)C(C)(C)c1cc(C(F)(F)F)cc(C(F)(F)F)c1. The molecule has 2 atom stereocenters. The number of carbonyl (C=O) groups is 2. The van der Waals surface area contributed by atoms with Gasteiger partial charge in [-0.25, -0.2) is 4.39 Å². The monoisotopic (exact) mass is 611 g/mol. The minimum atomic E-state index is -5.10. The highest BCUT2D eigenvalue weighted by Gasteiger charge is 2.42. The molecule has 2 amide bonds. The molecule has 0 saturated carbocycles. The summed E-state index contributed by atoms with van der Waals surface area (Å²) in [5, 5.41) is 12.4. The third-order valence-corrected chi connectivity index (χ3v) is 7.79. The maximum atomic E-state index is 14.0. The average Bonchev–Trinajstić information content (AvgIpc) is 3.31. The molecule has 1 fully saturated rings. The molecule has 6 nitrogen and oxygen atoms in total. The first-order valence-corrected chi connectivity index (χ1v) is 13.1. The zero-order valence-electron chi connectivity index (χ0n) is 23.5. The van der Waals surface area contributed by atoms with Crippen molar-refractivity contribution < 1.29 is 45.4 Å². The van der Waals surface area contributed by atoms with E-state index < -0.39 is 64.6 Å². The number of amides is 2. The van der Waals surface area contributed by atoms with Gasteiger partial charge in [-0.05, 0) is 73.9 Å². The second-order valence-corrected chi connectivity index (χ2v) is 11.0. The average molecular weight is 612 g/mol. The first-order valence-electron chi connectivity index (χ1n) is 13.1. The van der Waals surface area contributed by atoms with Crippen molar-refractivity contribution in [2.24, 2.45) is 5.92 Å². The summed E-state index contributed by atoms with van der Waals surface area (Å²) in [5.41, 5.74) is -3.68. The maximum Gasteiger partial charge on any atom is 0.416 e. The summed E-state index contributed by atoms with van der Waals surface area (Å²) in [6.45, 7) is 3.78. The lowest BCUT2D eigenvalue weighted by Gasteiger charge is -2.32. The number of anilines is 1. The number of benzene rings is 2. The Hall–Kier alpha value is -4.00. The predicted octanol–water partition coefficient (Wildman–Crippen LogP) is 6.00. The van der Waals surface area contributed by atoms with Crippen molar-refractivity contribution in [2.75, 3.05) is 25.1 Å². The molecule has 4 rings (SSSR count). The zero-order valence-corrected chi connectivity index (χ0v) is 23.5. The molecule has 1 unspecified atom stereocenters. The Bertz CT molecular complexity index is 1540. The van der Waals surface area contributed by atoms with Gasteiger partial charge in [0, 0.05) is 30.8 Å². The number of aromatic nitrogens is 1. The molecule has 2 heterocycles. The standard InChI is InChI=1S/C30H28F7N3O3/c1-15-7-19(31)5-6-20(15)21-11-24(22-12-39-26(42)23(22)14-41)38-13-25(21)40(4)27(43)28(2,3)16-8-17(29(32,33)34)10-18(9-16)30(35,36)37/h5-11,13,22-23,41H,12,14H2,1-4H3,(H,39,42)/t22?,23-/m0/s1. The number of aliphatic hydroxyl groups is 1. The van der Waals surface area contributed by atoms with Crippen LogP contribution >= 0.6 is 0 Å². The van der Waals surface area contributed by atoms with Gasteiger partial charge in [-0.3, -0.25) is 14.6 Å². The molecule has 2 N–H and O–H groups in total. The van der Waals surface area contributed by atoms with E-state index in [2.05, 4.69) is 10.3 Å². The highest BCUT2D eigenvalue weighted by atomic mass is 19.4. The van der Waals surface area contributed by atoms with Crippen LogP contribution in [0.4, 0.5) is 36.4 Å². The molecule has 1 aliphatic heterocycles. The van der Waals surface area contributed by atoms with E-state index in [-0.39, 0.29) is 24.2 Å². The first-order chi connectivity index (χ1) is 19.9. The largest absolute Gasteiger partial charge is 0.416 e. The lowest BCUT2D eigenvalue weighted by atomic mass is 9.81. The second kappa shape index (κ2) is 11.3. The van der Waals surface area contributed by atoms with Crippen LogP contribution < -0.4 is 10.2 Å². The van der Waals surface area contributed by atoms with Crippen LogP contribution in [-0.4, -0.2) is 42.1 Å². The van der Waals surface area contributed by atoms with Gasteiger partial charge >= 0.3 is 12.4 Å². The summed E-state index contributed by atoms with van der Waals surface area (Å²) < 4.78 is 95.3. The molecule has 0 bridgehead atoms. The van der Waals surface area contributed by atoms with Crippen molar-refractivity contribution in [3.05, 3.63) is 82.4 Å². The van der Waals surface area contributed by atoms with Gasteiger partial charge in [0.1, 0.15) is 5.82 Å². The normalized spacial score (nSPS) is 17.6. The summed E-state index contributed by atoms with van der Waals surface area (Å²) in [7, 11) is 1.30. The smallest absolute Gasteiger partial charge is 0.396 e. The molecular weight excluding hydrogens is 583 g/mol. The molecule has 13 heteroatoms. The number of nitrogens with zero attached hydrogens (tertiary/aromatic N) is 2. The van der Waals surface area contributed by atoms with Crippen molar-refractivity contribution in [1.29, 1.82) is 0 Å². The molecule has 1 aromatic heterocycles. The summed E-state index contributed by atoms with van der Waals surface area (Å²) in [4.78, 5) is 31.5. The van der Waals surface area contributed by atoms with Gasteiger partial charge in [-0.1, -0.05) is 6.07 Å². The Morgan fingerprint density at radius 2 is 1.56 bits per heavy atom. The topological polar surface area (TPSA) is 82.5 Å². The highest BCUT2D eigenvalue weighted by Crippen LogP contribution is 2.41. The second-order valence-electron chi connectivity index (χ2n) is 11.0. The van der Waals surface area contributed by atoms with Crippen LogP contribution in [0.1, 0.15) is 47.7 Å². The minimum Gasteiger partial charge on any atom is -0.396 e. The van der Waals surface area contributed by atoms with Crippen molar-refractivity contribution >= 4 is 17.5 Å². The number of nitrogens with one attached hydrogen (secondary N) is 1. The third kappa shape index (κ3) is 6.22. The van der Waals surface area contributed by atoms with Crippen molar-refractivity contribution in [3.63, 3.8) is 0 Å². The van der Waals surface area contributed by atoms with Crippen molar-refractivity contribution in [1.82, 2.24) is 10.3 Å². The highest BCUT2D eigenvalue weighted by molar-refractivity contribution is 6.03. The van der Waals surface area contributed by atoms with Gasteiger partial charge in [-0.2, -0.15) is 26.3 Å². The number of alkyl halides is 6. The Morgan fingerprint density at radius 1 is 0.977 bits per heavy atom. The van der Waals surface area contributed by atoms with E-state index in [9.17, 15) is 45.4 Å². The molecule has 0 aliphatic carbocycles. The fraction of sp³-hybridized carbons (Fsp3) is 0.367. The molecule has 0 spiro atoms. The van der Waals surface area contributed by atoms with E-state index >= 15 is 0 Å². The van der Waals surface area contributed by atoms with Gasteiger partial charge in [0.05, 0.1) is 41.0 Å². The number of hydrogen-bond donors (Lipinski definition) is 2. The molecule has 3 aromatic rings. The van der Waals surface area contributed by atoms with Crippen LogP contribution in [-0.2, 0) is 27.4 Å². The van der Waals surface area contributed by atoms with E-state index in [1.54, 1.807) is 13.0 Å². The Balaban J connectivity index is 1.84. The van der Waals surface area contributed by atoms with Crippen LogP contribution in [0.2, 0.25) is 0 Å². The zero-order chi connectivity index (χ0) is 32.1. The number of aryl methyl sites for hydroxylation is 1. The van der Waals surface area contributed by atoms with E-state index in [4.69, 9.17) is 0 Å². The fourth-order valence-corrected chi connectivity index (χ4v) is 5.23. The molecule has 43 heavy (non-hydrogen) atoms. The van der Waals surface area contributed by atoms with Gasteiger partial charge < -0.3 is 15.3 Å². The number of carbonyl (C=O) groups excluding carboxylic acids is 2. The number of pyridine rings is 1. The van der Waals surface area contributed by atoms with E-state index in [0.29, 0.717) is 34.5 Å². The summed E-state index contributed by atoms with van der Waals surface area (Å²) >= 11 is 0. The lowest BCUT2D eigenvalue weighted by Crippen LogP contribution is -2.42. The number of aliphatic hydroxyl groups excluding tert-OH is 1. The third-order valence-electron chi connectivity index (χ3n) is 7.79. The Kier molecular flexibility index (Phi) is 8.35. The van der Waals surface area contributed by atoms with E-state index in [1.165, 1.54) is 45.3 Å². The van der Waals surface area contributed by atoms with Gasteiger partial charge in [0.15, 0.2) is 0 Å². The first kappa shape index (κ1) is 31.9. The quantitative estimate of drug-likeness (QED) is 0.336. The molecular formula is C30H28F7N3O3. The van der Waals surface area contributed by atoms with E-state index in [1.807, 2.05) is 0 Å². The van der Waals surface area contributed by atoms with Crippen LogP contribution in [0.25, 0.3) is 11.1 Å². The number of rotatable bonds is 6. The van der Waals surface area contributed by atoms with Gasteiger partial charge in [0.2, 0.25) is 11.8 Å². The molecule has 230 valence electrons. The number of hydrogen-bond acceptors (Lipinski definition) is 4. The van der Waals surface area contributed by atoms with Crippen LogP contribution in [0, 0.1) is 18.7 Å². The predicted molar refractivity (Wildman–Crippen MR) is 144 cm³/mol.